The van der Waals surface area contributed by atoms with Gasteiger partial charge in [0, 0.05) is 29.4 Å². The van der Waals surface area contributed by atoms with Gasteiger partial charge in [0.15, 0.2) is 5.82 Å². The van der Waals surface area contributed by atoms with Crippen LogP contribution in [0.1, 0.15) is 45.8 Å². The van der Waals surface area contributed by atoms with Crippen LogP contribution >= 0.6 is 0 Å². The zero-order chi connectivity index (χ0) is 17.9. The van der Waals surface area contributed by atoms with E-state index in [1.165, 1.54) is 11.9 Å². The van der Waals surface area contributed by atoms with Crippen LogP contribution < -0.4 is 5.32 Å². The molecule has 2 heterocycles. The average molecular weight is 333 g/mol. The lowest BCUT2D eigenvalue weighted by molar-refractivity contribution is -0.177. The Labute approximate surface area is 140 Å². The van der Waals surface area contributed by atoms with E-state index in [1.807, 2.05) is 20.8 Å². The van der Waals surface area contributed by atoms with Gasteiger partial charge in [-0.2, -0.15) is 0 Å². The SMILES string of the molecule is Cc1cc(NC(=O)C2(C)CC3(C)CC(C)(C2)C(=O)N(C)C3=O)no1. The highest BCUT2D eigenvalue weighted by Gasteiger charge is 2.62. The summed E-state index contributed by atoms with van der Waals surface area (Å²) in [7, 11) is 1.53. The molecule has 1 N–H and O–H groups in total. The molecule has 130 valence electrons. The molecule has 24 heavy (non-hydrogen) atoms. The monoisotopic (exact) mass is 333 g/mol. The normalized spacial score (nSPS) is 36.0. The van der Waals surface area contributed by atoms with Crippen LogP contribution in [-0.4, -0.2) is 34.8 Å². The third kappa shape index (κ3) is 2.34. The zero-order valence-corrected chi connectivity index (χ0v) is 14.7. The first-order valence-corrected chi connectivity index (χ1v) is 8.07. The third-order valence-corrected chi connectivity index (χ3v) is 5.40. The molecule has 2 aliphatic rings. The summed E-state index contributed by atoms with van der Waals surface area (Å²) in [5, 5.41) is 6.54. The molecule has 0 spiro atoms. The van der Waals surface area contributed by atoms with Gasteiger partial charge in [0.2, 0.25) is 17.7 Å². The predicted molar refractivity (Wildman–Crippen MR) is 85.8 cm³/mol. The first-order chi connectivity index (χ1) is 11.0. The Morgan fingerprint density at radius 3 is 2.17 bits per heavy atom. The molecule has 0 radical (unpaired) electrons. The van der Waals surface area contributed by atoms with Crippen LogP contribution in [0.3, 0.4) is 0 Å². The van der Waals surface area contributed by atoms with Crippen LogP contribution in [-0.2, 0) is 14.4 Å². The van der Waals surface area contributed by atoms with Crippen molar-refractivity contribution in [1.82, 2.24) is 10.1 Å². The summed E-state index contributed by atoms with van der Waals surface area (Å²) in [4.78, 5) is 39.4. The Bertz CT molecular complexity index is 710. The van der Waals surface area contributed by atoms with E-state index in [1.54, 1.807) is 13.0 Å². The second-order valence-corrected chi connectivity index (χ2v) is 8.16. The van der Waals surface area contributed by atoms with Crippen LogP contribution in [0.5, 0.6) is 0 Å². The molecule has 7 heteroatoms. The van der Waals surface area contributed by atoms with Gasteiger partial charge >= 0.3 is 0 Å². The summed E-state index contributed by atoms with van der Waals surface area (Å²) in [5.41, 5.74) is -2.27. The number of carbonyl (C=O) groups excluding carboxylic acids is 3. The number of nitrogens with zero attached hydrogens (tertiary/aromatic N) is 2. The van der Waals surface area contributed by atoms with Crippen LogP contribution in [0, 0.1) is 23.2 Å². The number of hydrogen-bond donors (Lipinski definition) is 1. The summed E-state index contributed by atoms with van der Waals surface area (Å²) in [5.74, 6) is 0.293. The van der Waals surface area contributed by atoms with Crippen LogP contribution in [0.25, 0.3) is 0 Å². The molecule has 1 saturated carbocycles. The van der Waals surface area contributed by atoms with Crippen molar-refractivity contribution in [2.75, 3.05) is 12.4 Å². The van der Waals surface area contributed by atoms with E-state index in [0.29, 0.717) is 30.8 Å². The summed E-state index contributed by atoms with van der Waals surface area (Å²) >= 11 is 0. The van der Waals surface area contributed by atoms with E-state index in [-0.39, 0.29) is 17.7 Å². The number of nitrogens with one attached hydrogen (secondary N) is 1. The number of fused-ring (bicyclic) bond motifs is 2. The lowest BCUT2D eigenvalue weighted by atomic mass is 9.51. The molecule has 1 aliphatic carbocycles. The number of carbonyl (C=O) groups is 3. The average Bonchev–Trinajstić information content (AvgIpc) is 2.87. The van der Waals surface area contributed by atoms with Crippen molar-refractivity contribution in [3.05, 3.63) is 11.8 Å². The molecule has 2 unspecified atom stereocenters. The molecule has 2 atom stereocenters. The summed E-state index contributed by atoms with van der Waals surface area (Å²) in [6.45, 7) is 7.25. The number of imide groups is 1. The van der Waals surface area contributed by atoms with Crippen molar-refractivity contribution in [3.8, 4) is 0 Å². The molecule has 1 aromatic heterocycles. The first-order valence-electron chi connectivity index (χ1n) is 8.07. The molecule has 1 aromatic rings. The fourth-order valence-electron chi connectivity index (χ4n) is 4.83. The predicted octanol–water partition coefficient (Wildman–Crippen LogP) is 2.12. The van der Waals surface area contributed by atoms with E-state index >= 15 is 0 Å². The number of amides is 3. The quantitative estimate of drug-likeness (QED) is 0.837. The Balaban J connectivity index is 1.92. The molecule has 0 aromatic carbocycles. The second kappa shape index (κ2) is 4.91. The smallest absolute Gasteiger partial charge is 0.234 e. The molecule has 2 fully saturated rings. The number of aromatic nitrogens is 1. The fourth-order valence-corrected chi connectivity index (χ4v) is 4.83. The van der Waals surface area contributed by atoms with Gasteiger partial charge in [-0.25, -0.2) is 0 Å². The Hall–Kier alpha value is -2.18. The van der Waals surface area contributed by atoms with Gasteiger partial charge in [0.05, 0.1) is 0 Å². The molecule has 1 aliphatic heterocycles. The van der Waals surface area contributed by atoms with Crippen LogP contribution in [0.4, 0.5) is 5.82 Å². The van der Waals surface area contributed by atoms with Crippen molar-refractivity contribution in [3.63, 3.8) is 0 Å². The summed E-state index contributed by atoms with van der Waals surface area (Å²) in [6.07, 6.45) is 1.28. The number of hydrogen-bond acceptors (Lipinski definition) is 5. The Morgan fingerprint density at radius 1 is 1.17 bits per heavy atom. The maximum absolute atomic E-state index is 12.9. The largest absolute Gasteiger partial charge is 0.360 e. The minimum Gasteiger partial charge on any atom is -0.360 e. The molecule has 3 rings (SSSR count). The lowest BCUT2D eigenvalue weighted by Gasteiger charge is -2.55. The van der Waals surface area contributed by atoms with Crippen molar-refractivity contribution < 1.29 is 18.9 Å². The number of anilines is 1. The maximum atomic E-state index is 12.9. The van der Waals surface area contributed by atoms with E-state index in [0.717, 1.165) is 0 Å². The molecular weight excluding hydrogens is 310 g/mol. The fraction of sp³-hybridized carbons (Fsp3) is 0.647. The van der Waals surface area contributed by atoms with Gasteiger partial charge in [-0.1, -0.05) is 25.9 Å². The van der Waals surface area contributed by atoms with E-state index in [4.69, 9.17) is 4.52 Å². The molecule has 3 amide bonds. The van der Waals surface area contributed by atoms with E-state index < -0.39 is 16.2 Å². The number of rotatable bonds is 2. The van der Waals surface area contributed by atoms with Gasteiger partial charge in [0.25, 0.3) is 0 Å². The third-order valence-electron chi connectivity index (χ3n) is 5.40. The number of likely N-dealkylation sites (tertiary alicyclic amines) is 1. The Kier molecular flexibility index (Phi) is 3.41. The van der Waals surface area contributed by atoms with Crippen molar-refractivity contribution in [2.45, 2.75) is 47.0 Å². The summed E-state index contributed by atoms with van der Waals surface area (Å²) < 4.78 is 4.97. The summed E-state index contributed by atoms with van der Waals surface area (Å²) in [6, 6.07) is 1.64. The Morgan fingerprint density at radius 2 is 1.71 bits per heavy atom. The minimum absolute atomic E-state index is 0.207. The second-order valence-electron chi connectivity index (χ2n) is 8.16. The van der Waals surface area contributed by atoms with E-state index in [9.17, 15) is 14.4 Å². The standard InChI is InChI=1S/C17H23N3O4/c1-10-6-11(19-24-10)18-12(21)15(2)7-16(3)9-17(4,8-15)14(23)20(5)13(16)22/h6H,7-9H2,1-5H3,(H,18,19,21). The number of aryl methyl sites for hydroxylation is 1. The molecular formula is C17H23N3O4. The zero-order valence-electron chi connectivity index (χ0n) is 14.7. The lowest BCUT2D eigenvalue weighted by Crippen LogP contribution is -2.63. The topological polar surface area (TPSA) is 92.5 Å². The van der Waals surface area contributed by atoms with Gasteiger partial charge in [-0.05, 0) is 26.2 Å². The van der Waals surface area contributed by atoms with Gasteiger partial charge in [-0.15, -0.1) is 0 Å². The molecule has 2 bridgehead atoms. The maximum Gasteiger partial charge on any atom is 0.234 e. The highest BCUT2D eigenvalue weighted by Crippen LogP contribution is 2.58. The number of piperidine rings is 1. The van der Waals surface area contributed by atoms with Crippen molar-refractivity contribution in [2.24, 2.45) is 16.2 Å². The minimum atomic E-state index is -0.832. The highest BCUT2D eigenvalue weighted by molar-refractivity contribution is 6.05. The highest BCUT2D eigenvalue weighted by atomic mass is 16.5. The van der Waals surface area contributed by atoms with Crippen molar-refractivity contribution in [1.29, 1.82) is 0 Å². The van der Waals surface area contributed by atoms with Gasteiger partial charge in [-0.3, -0.25) is 19.3 Å². The molecule has 1 saturated heterocycles. The van der Waals surface area contributed by atoms with Gasteiger partial charge in [0.1, 0.15) is 5.76 Å². The molecule has 7 nitrogen and oxygen atoms in total. The first kappa shape index (κ1) is 16.7. The van der Waals surface area contributed by atoms with Crippen LogP contribution in [0.2, 0.25) is 0 Å². The van der Waals surface area contributed by atoms with Crippen LogP contribution in [0.15, 0.2) is 10.6 Å². The van der Waals surface area contributed by atoms with Crippen molar-refractivity contribution >= 4 is 23.5 Å². The van der Waals surface area contributed by atoms with Gasteiger partial charge < -0.3 is 9.84 Å². The van der Waals surface area contributed by atoms with E-state index in [2.05, 4.69) is 10.5 Å².